The molecule has 0 unspecified atom stereocenters. The maximum Gasteiger partial charge on any atom is 0.253 e. The number of anilines is 2. The van der Waals surface area contributed by atoms with Gasteiger partial charge < -0.3 is 5.32 Å². The third-order valence-corrected chi connectivity index (χ3v) is 2.50. The van der Waals surface area contributed by atoms with Crippen molar-refractivity contribution in [2.75, 3.05) is 5.32 Å². The molecule has 1 aromatic heterocycles. The summed E-state index contributed by atoms with van der Waals surface area (Å²) in [6.45, 7) is 0. The van der Waals surface area contributed by atoms with Crippen LogP contribution in [-0.2, 0) is 0 Å². The molecule has 19 heavy (non-hydrogen) atoms. The normalized spacial score (nSPS) is 10.6. The van der Waals surface area contributed by atoms with Gasteiger partial charge in [0, 0.05) is 0 Å². The average Bonchev–Trinajstić information content (AvgIpc) is 2.34. The molecule has 0 bridgehead atoms. The summed E-state index contributed by atoms with van der Waals surface area (Å²) < 4.78 is 65.1. The van der Waals surface area contributed by atoms with Crippen LogP contribution in [0.4, 0.5) is 33.3 Å². The molecule has 2 nitrogen and oxygen atoms in total. The molecule has 0 aliphatic carbocycles. The molecule has 0 aliphatic heterocycles. The number of halogens is 6. The molecule has 0 saturated carbocycles. The molecule has 0 fully saturated rings. The van der Waals surface area contributed by atoms with Gasteiger partial charge in [0.15, 0.2) is 0 Å². The zero-order valence-electron chi connectivity index (χ0n) is 8.95. The molecule has 0 atom stereocenters. The maximum absolute atomic E-state index is 13.3. The molecule has 2 aromatic rings. The molecule has 100 valence electrons. The van der Waals surface area contributed by atoms with Crippen molar-refractivity contribution in [1.29, 1.82) is 0 Å². The molecular formula is C11H4ClF5N2. The van der Waals surface area contributed by atoms with Crippen LogP contribution in [0.1, 0.15) is 0 Å². The fraction of sp³-hybridized carbons (Fsp3) is 0. The second kappa shape index (κ2) is 5.00. The van der Waals surface area contributed by atoms with Gasteiger partial charge in [-0.05, 0) is 18.2 Å². The minimum Gasteiger partial charge on any atom is -0.349 e. The number of rotatable bonds is 2. The first-order valence-corrected chi connectivity index (χ1v) is 5.20. The van der Waals surface area contributed by atoms with E-state index in [9.17, 15) is 22.0 Å². The van der Waals surface area contributed by atoms with Crippen LogP contribution in [0.2, 0.25) is 5.02 Å². The van der Waals surface area contributed by atoms with Crippen molar-refractivity contribution in [3.63, 3.8) is 0 Å². The lowest BCUT2D eigenvalue weighted by Crippen LogP contribution is -2.06. The molecule has 0 radical (unpaired) electrons. The van der Waals surface area contributed by atoms with E-state index in [0.717, 1.165) is 18.2 Å². The standard InChI is InChI=1S/C11H4ClF5N2/c12-5-3-4(13)1-2-6(5)18-9-7(14)10(16)19-11(17)8(9)15/h1-3H,(H,18,19). The first kappa shape index (κ1) is 13.5. The molecule has 1 aromatic carbocycles. The number of benzene rings is 1. The summed E-state index contributed by atoms with van der Waals surface area (Å²) in [4.78, 5) is 2.40. The summed E-state index contributed by atoms with van der Waals surface area (Å²) in [5.41, 5.74) is -1.22. The number of pyridine rings is 1. The van der Waals surface area contributed by atoms with Crippen molar-refractivity contribution in [2.45, 2.75) is 0 Å². The largest absolute Gasteiger partial charge is 0.349 e. The number of nitrogens with one attached hydrogen (secondary N) is 1. The van der Waals surface area contributed by atoms with Crippen LogP contribution in [0.25, 0.3) is 0 Å². The van der Waals surface area contributed by atoms with E-state index in [0.29, 0.717) is 0 Å². The van der Waals surface area contributed by atoms with Gasteiger partial charge in [0.2, 0.25) is 11.6 Å². The second-order valence-corrected chi connectivity index (χ2v) is 3.85. The Labute approximate surface area is 108 Å². The second-order valence-electron chi connectivity index (χ2n) is 3.45. The van der Waals surface area contributed by atoms with E-state index >= 15 is 0 Å². The predicted octanol–water partition coefficient (Wildman–Crippen LogP) is 4.17. The van der Waals surface area contributed by atoms with Crippen LogP contribution in [0.15, 0.2) is 18.2 Å². The van der Waals surface area contributed by atoms with Gasteiger partial charge in [-0.25, -0.2) is 4.39 Å². The SMILES string of the molecule is Fc1ccc(Nc2c(F)c(F)nc(F)c2F)c(Cl)c1. The van der Waals surface area contributed by atoms with E-state index in [1.165, 1.54) is 0 Å². The minimum atomic E-state index is -1.81. The first-order chi connectivity index (χ1) is 8.90. The molecular weight excluding hydrogens is 291 g/mol. The van der Waals surface area contributed by atoms with Gasteiger partial charge >= 0.3 is 0 Å². The highest BCUT2D eigenvalue weighted by atomic mass is 35.5. The monoisotopic (exact) mass is 294 g/mol. The lowest BCUT2D eigenvalue weighted by atomic mass is 10.2. The first-order valence-electron chi connectivity index (χ1n) is 4.82. The smallest absolute Gasteiger partial charge is 0.253 e. The van der Waals surface area contributed by atoms with Crippen LogP contribution >= 0.6 is 11.6 Å². The molecule has 2 rings (SSSR count). The zero-order valence-corrected chi connectivity index (χ0v) is 9.70. The Hall–Kier alpha value is -1.89. The van der Waals surface area contributed by atoms with Crippen LogP contribution < -0.4 is 5.32 Å². The molecule has 1 heterocycles. The van der Waals surface area contributed by atoms with E-state index in [1.807, 2.05) is 5.32 Å². The Balaban J connectivity index is 2.49. The van der Waals surface area contributed by atoms with Crippen LogP contribution in [-0.4, -0.2) is 4.98 Å². The van der Waals surface area contributed by atoms with E-state index in [4.69, 9.17) is 11.6 Å². The molecule has 0 saturated heterocycles. The van der Waals surface area contributed by atoms with Crippen molar-refractivity contribution in [3.8, 4) is 0 Å². The van der Waals surface area contributed by atoms with Crippen molar-refractivity contribution in [3.05, 3.63) is 52.6 Å². The van der Waals surface area contributed by atoms with Gasteiger partial charge in [0.1, 0.15) is 11.5 Å². The average molecular weight is 295 g/mol. The van der Waals surface area contributed by atoms with Crippen LogP contribution in [0.3, 0.4) is 0 Å². The minimum absolute atomic E-state index is 0.120. The van der Waals surface area contributed by atoms with Gasteiger partial charge in [0.05, 0.1) is 10.7 Å². The summed E-state index contributed by atoms with van der Waals surface area (Å²) in [5.74, 6) is -7.71. The van der Waals surface area contributed by atoms with E-state index in [-0.39, 0.29) is 10.7 Å². The highest BCUT2D eigenvalue weighted by Gasteiger charge is 2.21. The zero-order chi connectivity index (χ0) is 14.2. The molecule has 0 amide bonds. The van der Waals surface area contributed by atoms with Crippen LogP contribution in [0.5, 0.6) is 0 Å². The Morgan fingerprint density at radius 1 is 0.947 bits per heavy atom. The third kappa shape index (κ3) is 2.60. The van der Waals surface area contributed by atoms with Gasteiger partial charge in [-0.3, -0.25) is 0 Å². The number of nitrogens with zero attached hydrogens (tertiary/aromatic N) is 1. The van der Waals surface area contributed by atoms with Gasteiger partial charge in [-0.15, -0.1) is 0 Å². The fourth-order valence-corrected chi connectivity index (χ4v) is 1.54. The summed E-state index contributed by atoms with van der Waals surface area (Å²) in [6.07, 6.45) is 0. The topological polar surface area (TPSA) is 24.9 Å². The van der Waals surface area contributed by atoms with Crippen molar-refractivity contribution in [2.24, 2.45) is 0 Å². The quantitative estimate of drug-likeness (QED) is 0.664. The van der Waals surface area contributed by atoms with Crippen molar-refractivity contribution >= 4 is 23.0 Å². The lowest BCUT2D eigenvalue weighted by molar-refractivity contribution is 0.411. The van der Waals surface area contributed by atoms with Crippen molar-refractivity contribution in [1.82, 2.24) is 4.98 Å². The fourth-order valence-electron chi connectivity index (χ4n) is 1.32. The highest BCUT2D eigenvalue weighted by molar-refractivity contribution is 6.33. The Kier molecular flexibility index (Phi) is 3.57. The summed E-state index contributed by atoms with van der Waals surface area (Å²) in [7, 11) is 0. The Bertz CT molecular complexity index is 621. The summed E-state index contributed by atoms with van der Waals surface area (Å²) in [6, 6.07) is 2.89. The lowest BCUT2D eigenvalue weighted by Gasteiger charge is -2.10. The third-order valence-electron chi connectivity index (χ3n) is 2.19. The van der Waals surface area contributed by atoms with Gasteiger partial charge in [-0.1, -0.05) is 11.6 Å². The van der Waals surface area contributed by atoms with Gasteiger partial charge in [0.25, 0.3) is 11.9 Å². The highest BCUT2D eigenvalue weighted by Crippen LogP contribution is 2.30. The Morgan fingerprint density at radius 3 is 2.05 bits per heavy atom. The number of hydrogen-bond donors (Lipinski definition) is 1. The predicted molar refractivity (Wildman–Crippen MR) is 58.8 cm³/mol. The number of aromatic nitrogens is 1. The van der Waals surface area contributed by atoms with E-state index in [2.05, 4.69) is 4.98 Å². The summed E-state index contributed by atoms with van der Waals surface area (Å²) in [5, 5.41) is 1.84. The van der Waals surface area contributed by atoms with Crippen molar-refractivity contribution < 1.29 is 22.0 Å². The van der Waals surface area contributed by atoms with Gasteiger partial charge in [-0.2, -0.15) is 22.5 Å². The van der Waals surface area contributed by atoms with Crippen LogP contribution in [0, 0.1) is 29.3 Å². The number of hydrogen-bond acceptors (Lipinski definition) is 2. The molecule has 8 heteroatoms. The maximum atomic E-state index is 13.3. The molecule has 1 N–H and O–H groups in total. The summed E-state index contributed by atoms with van der Waals surface area (Å²) >= 11 is 5.61. The van der Waals surface area contributed by atoms with E-state index < -0.39 is 35.0 Å². The van der Waals surface area contributed by atoms with E-state index in [1.54, 1.807) is 0 Å². The molecule has 0 aliphatic rings. The molecule has 0 spiro atoms. The Morgan fingerprint density at radius 2 is 1.53 bits per heavy atom.